The molecule has 11 nitrogen and oxygen atoms in total. The highest BCUT2D eigenvalue weighted by Crippen LogP contribution is 2.36. The summed E-state index contributed by atoms with van der Waals surface area (Å²) in [7, 11) is 0. The van der Waals surface area contributed by atoms with Crippen molar-refractivity contribution in [3.63, 3.8) is 0 Å². The topological polar surface area (TPSA) is 149 Å². The third kappa shape index (κ3) is 5.25. The van der Waals surface area contributed by atoms with Crippen LogP contribution in [0.25, 0.3) is 0 Å². The number of nitrogens with one attached hydrogen (secondary N) is 2. The Balaban J connectivity index is 1.49. The van der Waals surface area contributed by atoms with Crippen molar-refractivity contribution in [1.82, 2.24) is 9.97 Å². The fourth-order valence-electron chi connectivity index (χ4n) is 3.82. The van der Waals surface area contributed by atoms with E-state index < -0.39 is 17.8 Å². The largest absolute Gasteiger partial charge is 0.462 e. The van der Waals surface area contributed by atoms with Gasteiger partial charge in [0.1, 0.15) is 11.6 Å². The van der Waals surface area contributed by atoms with Crippen LogP contribution in [0, 0.1) is 0 Å². The fraction of sp³-hybridized carbons (Fsp3) is 0.435. The number of hydrogen-bond acceptors (Lipinski definition) is 9. The first-order valence-electron chi connectivity index (χ1n) is 11.3. The second-order valence-electron chi connectivity index (χ2n) is 8.13. The van der Waals surface area contributed by atoms with E-state index in [1.165, 1.54) is 0 Å². The number of anilines is 4. The molecule has 0 unspecified atom stereocenters. The van der Waals surface area contributed by atoms with E-state index in [2.05, 4.69) is 20.6 Å². The molecular formula is C23H28N6O5. The average molecular weight is 469 g/mol. The van der Waals surface area contributed by atoms with Gasteiger partial charge in [0.15, 0.2) is 0 Å². The zero-order valence-electron chi connectivity index (χ0n) is 19.0. The normalized spacial score (nSPS) is 17.5. The zero-order valence-corrected chi connectivity index (χ0v) is 19.0. The van der Waals surface area contributed by atoms with Gasteiger partial charge in [0, 0.05) is 25.2 Å². The molecule has 4 rings (SSSR count). The van der Waals surface area contributed by atoms with Gasteiger partial charge in [0.2, 0.25) is 17.8 Å². The van der Waals surface area contributed by atoms with Gasteiger partial charge in [0.25, 0.3) is 0 Å². The summed E-state index contributed by atoms with van der Waals surface area (Å²) in [5, 5.41) is 5.50. The molecule has 2 aliphatic rings. The molecule has 1 fully saturated rings. The third-order valence-corrected chi connectivity index (χ3v) is 5.69. The molecule has 2 amide bonds. The standard InChI is InChI=1S/C23H28N6O5/c1-2-3-10-34-22(32)14-4-6-15(7-5-14)25-21(31)16-13-17(30)26-20-18(16)19(24)27-23(28-20)29-8-11-33-12-9-29/h4-7,16H,2-3,8-13H2,1H3,(H,25,31)(H3,24,26,27,28,30)/t16-/m1/s1. The van der Waals surface area contributed by atoms with Crippen molar-refractivity contribution in [3.8, 4) is 0 Å². The van der Waals surface area contributed by atoms with Gasteiger partial charge in [-0.3, -0.25) is 9.59 Å². The first kappa shape index (κ1) is 23.4. The molecule has 2 aromatic rings. The predicted molar refractivity (Wildman–Crippen MR) is 126 cm³/mol. The highest BCUT2D eigenvalue weighted by Gasteiger charge is 2.35. The SMILES string of the molecule is CCCCOC(=O)c1ccc(NC(=O)[C@@H]2CC(=O)Nc3nc(N4CCOCC4)nc(N)c32)cc1. The molecule has 34 heavy (non-hydrogen) atoms. The molecule has 0 aliphatic carbocycles. The molecule has 2 aliphatic heterocycles. The molecule has 1 aromatic heterocycles. The molecule has 180 valence electrons. The van der Waals surface area contributed by atoms with Crippen molar-refractivity contribution in [3.05, 3.63) is 35.4 Å². The molecule has 1 saturated heterocycles. The van der Waals surface area contributed by atoms with E-state index in [0.717, 1.165) is 12.8 Å². The number of nitrogen functional groups attached to an aromatic ring is 1. The summed E-state index contributed by atoms with van der Waals surface area (Å²) < 4.78 is 10.5. The van der Waals surface area contributed by atoms with E-state index in [1.807, 2.05) is 11.8 Å². The van der Waals surface area contributed by atoms with Gasteiger partial charge in [-0.2, -0.15) is 9.97 Å². The number of nitrogens with two attached hydrogens (primary N) is 1. The van der Waals surface area contributed by atoms with Gasteiger partial charge < -0.3 is 30.7 Å². The Labute approximate surface area is 197 Å². The minimum atomic E-state index is -0.846. The maximum absolute atomic E-state index is 13.1. The van der Waals surface area contributed by atoms with Crippen LogP contribution >= 0.6 is 0 Å². The number of benzene rings is 1. The Kier molecular flexibility index (Phi) is 7.21. The summed E-state index contributed by atoms with van der Waals surface area (Å²) in [5.41, 5.74) is 7.49. The molecule has 0 bridgehead atoms. The minimum absolute atomic E-state index is 0.0782. The van der Waals surface area contributed by atoms with Gasteiger partial charge >= 0.3 is 5.97 Å². The van der Waals surface area contributed by atoms with E-state index in [-0.39, 0.29) is 24.0 Å². The van der Waals surface area contributed by atoms with Crippen LogP contribution < -0.4 is 21.3 Å². The van der Waals surface area contributed by atoms with Crippen LogP contribution in [0.4, 0.5) is 23.3 Å². The van der Waals surface area contributed by atoms with Crippen LogP contribution in [-0.2, 0) is 19.1 Å². The Bertz CT molecular complexity index is 1070. The Morgan fingerprint density at radius 3 is 2.68 bits per heavy atom. The monoisotopic (exact) mass is 468 g/mol. The summed E-state index contributed by atoms with van der Waals surface area (Å²) in [5.74, 6) is -1.21. The van der Waals surface area contributed by atoms with E-state index in [4.69, 9.17) is 15.2 Å². The second-order valence-corrected chi connectivity index (χ2v) is 8.13. The van der Waals surface area contributed by atoms with Crippen molar-refractivity contribution in [2.75, 3.05) is 54.2 Å². The van der Waals surface area contributed by atoms with Crippen LogP contribution in [-0.4, -0.2) is 60.7 Å². The van der Waals surface area contributed by atoms with E-state index in [9.17, 15) is 14.4 Å². The van der Waals surface area contributed by atoms with Gasteiger partial charge in [-0.1, -0.05) is 13.3 Å². The van der Waals surface area contributed by atoms with Gasteiger partial charge in [0.05, 0.1) is 36.9 Å². The Morgan fingerprint density at radius 2 is 1.97 bits per heavy atom. The number of carbonyl (C=O) groups excluding carboxylic acids is 3. The molecule has 3 heterocycles. The van der Waals surface area contributed by atoms with Crippen LogP contribution in [0.3, 0.4) is 0 Å². The van der Waals surface area contributed by atoms with Crippen LogP contribution in [0.15, 0.2) is 24.3 Å². The number of aromatic nitrogens is 2. The number of carbonyl (C=O) groups is 3. The fourth-order valence-corrected chi connectivity index (χ4v) is 3.82. The number of amides is 2. The van der Waals surface area contributed by atoms with Crippen LogP contribution in [0.1, 0.15) is 48.0 Å². The molecule has 1 aromatic carbocycles. The summed E-state index contributed by atoms with van der Waals surface area (Å²) in [6.45, 7) is 4.70. The number of rotatable bonds is 7. The number of nitrogens with zero attached hydrogens (tertiary/aromatic N) is 3. The lowest BCUT2D eigenvalue weighted by molar-refractivity contribution is -0.123. The van der Waals surface area contributed by atoms with Crippen LogP contribution in [0.2, 0.25) is 0 Å². The van der Waals surface area contributed by atoms with Crippen LogP contribution in [0.5, 0.6) is 0 Å². The molecule has 11 heteroatoms. The molecule has 0 radical (unpaired) electrons. The lowest BCUT2D eigenvalue weighted by atomic mass is 9.92. The van der Waals surface area contributed by atoms with Crippen molar-refractivity contribution in [2.24, 2.45) is 0 Å². The highest BCUT2D eigenvalue weighted by atomic mass is 16.5. The maximum atomic E-state index is 13.1. The number of morpholine rings is 1. The summed E-state index contributed by atoms with van der Waals surface area (Å²) >= 11 is 0. The summed E-state index contributed by atoms with van der Waals surface area (Å²) in [6.07, 6.45) is 1.66. The van der Waals surface area contributed by atoms with E-state index >= 15 is 0 Å². The number of unbranched alkanes of at least 4 members (excludes halogenated alkanes) is 1. The smallest absolute Gasteiger partial charge is 0.338 e. The molecule has 1 atom stereocenters. The number of ether oxygens (including phenoxy) is 2. The second kappa shape index (κ2) is 10.5. The molecular weight excluding hydrogens is 440 g/mol. The predicted octanol–water partition coefficient (Wildman–Crippen LogP) is 1.92. The van der Waals surface area contributed by atoms with Crippen molar-refractivity contribution in [2.45, 2.75) is 32.1 Å². The quantitative estimate of drug-likeness (QED) is 0.409. The molecule has 0 spiro atoms. The average Bonchev–Trinajstić information content (AvgIpc) is 2.84. The lowest BCUT2D eigenvalue weighted by Crippen LogP contribution is -2.38. The van der Waals surface area contributed by atoms with Gasteiger partial charge in [-0.15, -0.1) is 0 Å². The van der Waals surface area contributed by atoms with Gasteiger partial charge in [-0.05, 0) is 30.7 Å². The summed E-state index contributed by atoms with van der Waals surface area (Å²) in [6, 6.07) is 6.38. The van der Waals surface area contributed by atoms with E-state index in [1.54, 1.807) is 24.3 Å². The lowest BCUT2D eigenvalue weighted by Gasteiger charge is -2.30. The molecule has 4 N–H and O–H groups in total. The number of fused-ring (bicyclic) bond motifs is 1. The Hall–Kier alpha value is -3.73. The number of esters is 1. The first-order chi connectivity index (χ1) is 16.5. The van der Waals surface area contributed by atoms with Crippen molar-refractivity contribution in [1.29, 1.82) is 0 Å². The van der Waals surface area contributed by atoms with E-state index in [0.29, 0.717) is 55.7 Å². The minimum Gasteiger partial charge on any atom is -0.462 e. The summed E-state index contributed by atoms with van der Waals surface area (Å²) in [4.78, 5) is 48.3. The molecule has 0 saturated carbocycles. The third-order valence-electron chi connectivity index (χ3n) is 5.69. The zero-order chi connectivity index (χ0) is 24.1. The Morgan fingerprint density at radius 1 is 1.24 bits per heavy atom. The maximum Gasteiger partial charge on any atom is 0.338 e. The first-order valence-corrected chi connectivity index (χ1v) is 11.3. The number of hydrogen-bond donors (Lipinski definition) is 3. The highest BCUT2D eigenvalue weighted by molar-refractivity contribution is 6.05. The van der Waals surface area contributed by atoms with Gasteiger partial charge in [-0.25, -0.2) is 4.79 Å². The van der Waals surface area contributed by atoms with Crippen molar-refractivity contribution < 1.29 is 23.9 Å². The van der Waals surface area contributed by atoms with Crippen molar-refractivity contribution >= 4 is 41.1 Å².